The lowest BCUT2D eigenvalue weighted by Gasteiger charge is -2.17. The van der Waals surface area contributed by atoms with Crippen LogP contribution in [0.4, 0.5) is 4.39 Å². The number of furan rings is 1. The van der Waals surface area contributed by atoms with E-state index in [0.717, 1.165) is 0 Å². The Bertz CT molecular complexity index is 671. The first-order valence-corrected chi connectivity index (χ1v) is 8.00. The lowest BCUT2D eigenvalue weighted by molar-refractivity contribution is -0.129. The number of amides is 2. The van der Waals surface area contributed by atoms with Crippen LogP contribution in [0.25, 0.3) is 0 Å². The number of carbonyl (C=O) groups excluding carboxylic acids is 2. The van der Waals surface area contributed by atoms with E-state index in [2.05, 4.69) is 5.32 Å². The summed E-state index contributed by atoms with van der Waals surface area (Å²) in [5, 5.41) is 2.63. The SMILES string of the molecule is CN(CCCOc1ccc(F)cc1)C(=O)CCNC(=O)c1ccco1. The van der Waals surface area contributed by atoms with Crippen LogP contribution in [-0.4, -0.2) is 43.5 Å². The van der Waals surface area contributed by atoms with Gasteiger partial charge in [-0.2, -0.15) is 0 Å². The second-order valence-corrected chi connectivity index (χ2v) is 5.45. The third-order valence-corrected chi connectivity index (χ3v) is 3.52. The van der Waals surface area contributed by atoms with Crippen molar-refractivity contribution in [3.05, 3.63) is 54.2 Å². The number of ether oxygens (including phenoxy) is 1. The van der Waals surface area contributed by atoms with Gasteiger partial charge in [0.15, 0.2) is 5.76 Å². The minimum absolute atomic E-state index is 0.0680. The van der Waals surface area contributed by atoms with Crippen LogP contribution < -0.4 is 10.1 Å². The highest BCUT2D eigenvalue weighted by atomic mass is 19.1. The number of nitrogens with zero attached hydrogens (tertiary/aromatic N) is 1. The Morgan fingerprint density at radius 3 is 2.68 bits per heavy atom. The Morgan fingerprint density at radius 2 is 2.00 bits per heavy atom. The molecule has 1 aromatic heterocycles. The molecule has 2 amide bonds. The predicted octanol–water partition coefficient (Wildman–Crippen LogP) is 2.47. The summed E-state index contributed by atoms with van der Waals surface area (Å²) in [4.78, 5) is 25.2. The van der Waals surface area contributed by atoms with E-state index in [-0.39, 0.29) is 36.4 Å². The summed E-state index contributed by atoms with van der Waals surface area (Å²) >= 11 is 0. The first-order valence-electron chi connectivity index (χ1n) is 8.00. The molecule has 0 spiro atoms. The summed E-state index contributed by atoms with van der Waals surface area (Å²) in [6.45, 7) is 1.21. The van der Waals surface area contributed by atoms with Gasteiger partial charge >= 0.3 is 0 Å². The van der Waals surface area contributed by atoms with Gasteiger partial charge in [0, 0.05) is 26.6 Å². The molecule has 0 unspecified atom stereocenters. The maximum atomic E-state index is 12.8. The van der Waals surface area contributed by atoms with Gasteiger partial charge in [-0.3, -0.25) is 9.59 Å². The van der Waals surface area contributed by atoms with Crippen LogP contribution in [0.2, 0.25) is 0 Å². The Labute approximate surface area is 145 Å². The average molecular weight is 348 g/mol. The first kappa shape index (κ1) is 18.5. The highest BCUT2D eigenvalue weighted by Gasteiger charge is 2.11. The Kier molecular flexibility index (Phi) is 7.00. The lowest BCUT2D eigenvalue weighted by atomic mass is 10.3. The van der Waals surface area contributed by atoms with Gasteiger partial charge in [-0.1, -0.05) is 0 Å². The van der Waals surface area contributed by atoms with Crippen molar-refractivity contribution < 1.29 is 23.1 Å². The zero-order chi connectivity index (χ0) is 18.1. The highest BCUT2D eigenvalue weighted by Crippen LogP contribution is 2.11. The van der Waals surface area contributed by atoms with Crippen LogP contribution in [0.3, 0.4) is 0 Å². The highest BCUT2D eigenvalue weighted by molar-refractivity contribution is 5.91. The van der Waals surface area contributed by atoms with Crippen LogP contribution in [0.1, 0.15) is 23.4 Å². The molecule has 6 nitrogen and oxygen atoms in total. The Balaban J connectivity index is 1.58. The number of hydrogen-bond acceptors (Lipinski definition) is 4. The minimum Gasteiger partial charge on any atom is -0.494 e. The molecule has 25 heavy (non-hydrogen) atoms. The standard InChI is InChI=1S/C18H21FN2O4/c1-21(11-3-13-24-15-7-5-14(19)6-8-15)17(22)9-10-20-18(23)16-4-2-12-25-16/h2,4-8,12H,3,9-11,13H2,1H3,(H,20,23). The number of rotatable bonds is 9. The van der Waals surface area contributed by atoms with E-state index in [1.807, 2.05) is 0 Å². The Morgan fingerprint density at radius 1 is 1.24 bits per heavy atom. The zero-order valence-electron chi connectivity index (χ0n) is 14.0. The fourth-order valence-electron chi connectivity index (χ4n) is 2.12. The summed E-state index contributed by atoms with van der Waals surface area (Å²) in [6.07, 6.45) is 2.28. The fraction of sp³-hybridized carbons (Fsp3) is 0.333. The second kappa shape index (κ2) is 9.46. The van der Waals surface area contributed by atoms with Crippen molar-refractivity contribution in [2.75, 3.05) is 26.7 Å². The molecule has 0 saturated carbocycles. The van der Waals surface area contributed by atoms with E-state index < -0.39 is 0 Å². The predicted molar refractivity (Wildman–Crippen MR) is 89.8 cm³/mol. The number of carbonyl (C=O) groups is 2. The van der Waals surface area contributed by atoms with Gasteiger partial charge in [-0.05, 0) is 42.8 Å². The fourth-order valence-corrected chi connectivity index (χ4v) is 2.12. The molecule has 7 heteroatoms. The first-order chi connectivity index (χ1) is 12.1. The molecule has 0 saturated heterocycles. The number of hydrogen-bond donors (Lipinski definition) is 1. The average Bonchev–Trinajstić information content (AvgIpc) is 3.14. The number of nitrogens with one attached hydrogen (secondary N) is 1. The maximum absolute atomic E-state index is 12.8. The van der Waals surface area contributed by atoms with Gasteiger partial charge in [0.2, 0.25) is 5.91 Å². The van der Waals surface area contributed by atoms with Gasteiger partial charge in [0.05, 0.1) is 12.9 Å². The number of halogens is 1. The summed E-state index contributed by atoms with van der Waals surface area (Å²) in [6, 6.07) is 8.98. The molecule has 0 radical (unpaired) electrons. The molecule has 0 aliphatic heterocycles. The molecule has 0 fully saturated rings. The van der Waals surface area contributed by atoms with Gasteiger partial charge in [0.25, 0.3) is 5.91 Å². The van der Waals surface area contributed by atoms with Crippen molar-refractivity contribution in [3.63, 3.8) is 0 Å². The van der Waals surface area contributed by atoms with E-state index >= 15 is 0 Å². The molecule has 2 rings (SSSR count). The van der Waals surface area contributed by atoms with Gasteiger partial charge in [-0.25, -0.2) is 4.39 Å². The van der Waals surface area contributed by atoms with Crippen LogP contribution in [0.5, 0.6) is 5.75 Å². The molecule has 0 aliphatic carbocycles. The molecule has 1 N–H and O–H groups in total. The quantitative estimate of drug-likeness (QED) is 0.707. The minimum atomic E-state index is -0.340. The van der Waals surface area contributed by atoms with E-state index in [1.165, 1.54) is 18.4 Å². The van der Waals surface area contributed by atoms with Crippen molar-refractivity contribution in [3.8, 4) is 5.75 Å². The smallest absolute Gasteiger partial charge is 0.286 e. The monoisotopic (exact) mass is 348 g/mol. The molecule has 2 aromatic rings. The largest absolute Gasteiger partial charge is 0.494 e. The van der Waals surface area contributed by atoms with Crippen molar-refractivity contribution in [1.82, 2.24) is 10.2 Å². The van der Waals surface area contributed by atoms with Crippen LogP contribution >= 0.6 is 0 Å². The molecule has 1 aromatic carbocycles. The van der Waals surface area contributed by atoms with E-state index in [9.17, 15) is 14.0 Å². The van der Waals surface area contributed by atoms with Crippen LogP contribution in [-0.2, 0) is 4.79 Å². The van der Waals surface area contributed by atoms with Crippen molar-refractivity contribution in [1.29, 1.82) is 0 Å². The summed E-state index contributed by atoms with van der Waals surface area (Å²) in [5.74, 6) is 0.0984. The lowest BCUT2D eigenvalue weighted by Crippen LogP contribution is -2.33. The van der Waals surface area contributed by atoms with Crippen molar-refractivity contribution in [2.24, 2.45) is 0 Å². The third-order valence-electron chi connectivity index (χ3n) is 3.52. The summed E-state index contributed by atoms with van der Waals surface area (Å²) < 4.78 is 23.2. The number of benzene rings is 1. The molecule has 0 atom stereocenters. The summed E-state index contributed by atoms with van der Waals surface area (Å²) in [7, 11) is 1.70. The molecular formula is C18H21FN2O4. The van der Waals surface area contributed by atoms with Crippen LogP contribution in [0, 0.1) is 5.82 Å². The third kappa shape index (κ3) is 6.29. The molecular weight excluding hydrogens is 327 g/mol. The topological polar surface area (TPSA) is 71.8 Å². The van der Waals surface area contributed by atoms with Crippen LogP contribution in [0.15, 0.2) is 47.1 Å². The zero-order valence-corrected chi connectivity index (χ0v) is 14.0. The van der Waals surface area contributed by atoms with Crippen molar-refractivity contribution >= 4 is 11.8 Å². The van der Waals surface area contributed by atoms with Gasteiger partial charge < -0.3 is 19.4 Å². The molecule has 134 valence electrons. The summed E-state index contributed by atoms with van der Waals surface area (Å²) in [5.41, 5.74) is 0. The van der Waals surface area contributed by atoms with Crippen molar-refractivity contribution in [2.45, 2.75) is 12.8 Å². The normalized spacial score (nSPS) is 10.3. The van der Waals surface area contributed by atoms with Gasteiger partial charge in [-0.15, -0.1) is 0 Å². The van der Waals surface area contributed by atoms with Gasteiger partial charge in [0.1, 0.15) is 11.6 Å². The maximum Gasteiger partial charge on any atom is 0.286 e. The molecule has 0 aliphatic rings. The molecule has 0 bridgehead atoms. The van der Waals surface area contributed by atoms with E-state index in [1.54, 1.807) is 36.2 Å². The Hall–Kier alpha value is -2.83. The second-order valence-electron chi connectivity index (χ2n) is 5.45. The van der Waals surface area contributed by atoms with E-state index in [0.29, 0.717) is 25.3 Å². The molecule has 1 heterocycles. The van der Waals surface area contributed by atoms with E-state index in [4.69, 9.17) is 9.15 Å².